The molecule has 21 heavy (non-hydrogen) atoms. The third-order valence-corrected chi connectivity index (χ3v) is 4.47. The zero-order valence-electron chi connectivity index (χ0n) is 12.7. The molecule has 1 N–H and O–H groups in total. The third kappa shape index (κ3) is 3.94. The van der Waals surface area contributed by atoms with Crippen LogP contribution in [0.4, 0.5) is 0 Å². The van der Waals surface area contributed by atoms with Crippen molar-refractivity contribution in [1.29, 1.82) is 0 Å². The van der Waals surface area contributed by atoms with Crippen LogP contribution in [0.5, 0.6) is 0 Å². The molecule has 1 aromatic carbocycles. The Morgan fingerprint density at radius 3 is 2.62 bits per heavy atom. The molecular formula is C18H25N3. The van der Waals surface area contributed by atoms with Crippen molar-refractivity contribution in [3.05, 3.63) is 48.3 Å². The van der Waals surface area contributed by atoms with Crippen molar-refractivity contribution in [3.8, 4) is 5.69 Å². The van der Waals surface area contributed by atoms with E-state index in [9.17, 15) is 0 Å². The molecule has 1 heterocycles. The summed E-state index contributed by atoms with van der Waals surface area (Å²) in [5.41, 5.74) is 2.49. The Kier molecular flexibility index (Phi) is 5.06. The Morgan fingerprint density at radius 1 is 1.05 bits per heavy atom. The molecule has 0 spiro atoms. The highest BCUT2D eigenvalue weighted by molar-refractivity contribution is 5.40. The van der Waals surface area contributed by atoms with E-state index in [2.05, 4.69) is 34.7 Å². The molecule has 0 aliphatic heterocycles. The summed E-state index contributed by atoms with van der Waals surface area (Å²) in [5.74, 6) is 0.865. The molecule has 2 aromatic rings. The molecule has 0 atom stereocenters. The van der Waals surface area contributed by atoms with Gasteiger partial charge in [-0.2, -0.15) is 5.10 Å². The minimum absolute atomic E-state index is 0.865. The monoisotopic (exact) mass is 283 g/mol. The summed E-state index contributed by atoms with van der Waals surface area (Å²) in [6.45, 7) is 2.07. The second kappa shape index (κ2) is 7.41. The van der Waals surface area contributed by atoms with Gasteiger partial charge in [-0.3, -0.25) is 0 Å². The molecule has 3 nitrogen and oxygen atoms in total. The van der Waals surface area contributed by atoms with Crippen LogP contribution in [-0.4, -0.2) is 16.3 Å². The van der Waals surface area contributed by atoms with Gasteiger partial charge < -0.3 is 5.32 Å². The SMILES string of the molecule is c1ccc(-n2cccn2)c(CNCC2CCCCCC2)c1. The van der Waals surface area contributed by atoms with Crippen LogP contribution in [0.15, 0.2) is 42.7 Å². The van der Waals surface area contributed by atoms with Crippen LogP contribution in [0.25, 0.3) is 5.69 Å². The van der Waals surface area contributed by atoms with E-state index in [1.54, 1.807) is 0 Å². The quantitative estimate of drug-likeness (QED) is 0.843. The largest absolute Gasteiger partial charge is 0.312 e. The number of para-hydroxylation sites is 1. The predicted octanol–water partition coefficient (Wildman–Crippen LogP) is 3.93. The first-order valence-corrected chi connectivity index (χ1v) is 8.22. The van der Waals surface area contributed by atoms with Crippen molar-refractivity contribution in [2.24, 2.45) is 5.92 Å². The summed E-state index contributed by atoms with van der Waals surface area (Å²) >= 11 is 0. The van der Waals surface area contributed by atoms with Gasteiger partial charge in [0.1, 0.15) is 0 Å². The fourth-order valence-corrected chi connectivity index (χ4v) is 3.27. The number of hydrogen-bond acceptors (Lipinski definition) is 2. The summed E-state index contributed by atoms with van der Waals surface area (Å²) in [6, 6.07) is 10.5. The highest BCUT2D eigenvalue weighted by Crippen LogP contribution is 2.22. The van der Waals surface area contributed by atoms with Crippen LogP contribution in [0, 0.1) is 5.92 Å². The molecule has 3 heteroatoms. The van der Waals surface area contributed by atoms with E-state index in [-0.39, 0.29) is 0 Å². The van der Waals surface area contributed by atoms with Crippen molar-refractivity contribution in [2.75, 3.05) is 6.54 Å². The normalized spacial score (nSPS) is 16.8. The third-order valence-electron chi connectivity index (χ3n) is 4.47. The van der Waals surface area contributed by atoms with Gasteiger partial charge in [-0.1, -0.05) is 43.9 Å². The Hall–Kier alpha value is -1.61. The van der Waals surface area contributed by atoms with Crippen LogP contribution in [0.2, 0.25) is 0 Å². The van der Waals surface area contributed by atoms with Crippen molar-refractivity contribution in [2.45, 2.75) is 45.1 Å². The maximum absolute atomic E-state index is 4.35. The summed E-state index contributed by atoms with van der Waals surface area (Å²) in [4.78, 5) is 0. The van der Waals surface area contributed by atoms with Gasteiger partial charge in [-0.05, 0) is 43.0 Å². The van der Waals surface area contributed by atoms with E-state index in [4.69, 9.17) is 0 Å². The molecule has 3 rings (SSSR count). The van der Waals surface area contributed by atoms with Gasteiger partial charge in [0, 0.05) is 18.9 Å². The van der Waals surface area contributed by atoms with E-state index >= 15 is 0 Å². The van der Waals surface area contributed by atoms with E-state index < -0.39 is 0 Å². The Bertz CT molecular complexity index is 525. The van der Waals surface area contributed by atoms with Gasteiger partial charge >= 0.3 is 0 Å². The van der Waals surface area contributed by atoms with E-state index in [1.165, 1.54) is 49.8 Å². The molecule has 1 aliphatic carbocycles. The summed E-state index contributed by atoms with van der Waals surface area (Å²) < 4.78 is 1.95. The topological polar surface area (TPSA) is 29.9 Å². The van der Waals surface area contributed by atoms with Gasteiger partial charge in [-0.15, -0.1) is 0 Å². The summed E-state index contributed by atoms with van der Waals surface area (Å²) in [7, 11) is 0. The Morgan fingerprint density at radius 2 is 1.86 bits per heavy atom. The average molecular weight is 283 g/mol. The molecule has 1 saturated carbocycles. The molecule has 0 radical (unpaired) electrons. The maximum atomic E-state index is 4.35. The number of aromatic nitrogens is 2. The Balaban J connectivity index is 1.58. The fraction of sp³-hybridized carbons (Fsp3) is 0.500. The molecule has 0 bridgehead atoms. The van der Waals surface area contributed by atoms with Gasteiger partial charge in [0.25, 0.3) is 0 Å². The molecule has 0 unspecified atom stereocenters. The average Bonchev–Trinajstić information content (AvgIpc) is 2.93. The van der Waals surface area contributed by atoms with Crippen LogP contribution in [-0.2, 0) is 6.54 Å². The predicted molar refractivity (Wildman–Crippen MR) is 86.5 cm³/mol. The maximum Gasteiger partial charge on any atom is 0.0690 e. The number of rotatable bonds is 5. The van der Waals surface area contributed by atoms with Crippen molar-refractivity contribution in [3.63, 3.8) is 0 Å². The summed E-state index contributed by atoms with van der Waals surface area (Å²) in [5, 5.41) is 8.01. The highest BCUT2D eigenvalue weighted by atomic mass is 15.3. The number of nitrogens with one attached hydrogen (secondary N) is 1. The van der Waals surface area contributed by atoms with Crippen molar-refractivity contribution in [1.82, 2.24) is 15.1 Å². The van der Waals surface area contributed by atoms with Gasteiger partial charge in [-0.25, -0.2) is 4.68 Å². The van der Waals surface area contributed by atoms with Crippen LogP contribution >= 0.6 is 0 Å². The van der Waals surface area contributed by atoms with Gasteiger partial charge in [0.05, 0.1) is 5.69 Å². The first kappa shape index (κ1) is 14.3. The smallest absolute Gasteiger partial charge is 0.0690 e. The van der Waals surface area contributed by atoms with E-state index in [0.29, 0.717) is 0 Å². The lowest BCUT2D eigenvalue weighted by atomic mass is 10.0. The van der Waals surface area contributed by atoms with Crippen molar-refractivity contribution < 1.29 is 0 Å². The molecule has 1 fully saturated rings. The van der Waals surface area contributed by atoms with Gasteiger partial charge in [0.2, 0.25) is 0 Å². The molecule has 1 aliphatic rings. The first-order chi connectivity index (χ1) is 10.4. The zero-order chi connectivity index (χ0) is 14.3. The summed E-state index contributed by atoms with van der Waals surface area (Å²) in [6.07, 6.45) is 12.3. The second-order valence-corrected chi connectivity index (χ2v) is 6.07. The molecule has 0 saturated heterocycles. The van der Waals surface area contributed by atoms with E-state index in [1.807, 2.05) is 23.1 Å². The lowest BCUT2D eigenvalue weighted by molar-refractivity contribution is 0.425. The zero-order valence-corrected chi connectivity index (χ0v) is 12.7. The number of nitrogens with zero attached hydrogens (tertiary/aromatic N) is 2. The first-order valence-electron chi connectivity index (χ1n) is 8.22. The fourth-order valence-electron chi connectivity index (χ4n) is 3.27. The van der Waals surface area contributed by atoms with Crippen molar-refractivity contribution >= 4 is 0 Å². The number of benzene rings is 1. The van der Waals surface area contributed by atoms with E-state index in [0.717, 1.165) is 19.0 Å². The van der Waals surface area contributed by atoms with Crippen LogP contribution < -0.4 is 5.32 Å². The van der Waals surface area contributed by atoms with Crippen LogP contribution in [0.3, 0.4) is 0 Å². The van der Waals surface area contributed by atoms with Gasteiger partial charge in [0.15, 0.2) is 0 Å². The number of hydrogen-bond donors (Lipinski definition) is 1. The second-order valence-electron chi connectivity index (χ2n) is 6.07. The minimum Gasteiger partial charge on any atom is -0.312 e. The molecule has 0 amide bonds. The molecule has 1 aromatic heterocycles. The highest BCUT2D eigenvalue weighted by Gasteiger charge is 2.12. The Labute approximate surface area is 127 Å². The standard InChI is InChI=1S/C18H25N3/c1-2-4-9-16(8-3-1)14-19-15-17-10-5-6-11-18(17)21-13-7-12-20-21/h5-7,10-13,16,19H,1-4,8-9,14-15H2. The molecular weight excluding hydrogens is 258 g/mol. The lowest BCUT2D eigenvalue weighted by Gasteiger charge is -2.16. The minimum atomic E-state index is 0.865. The van der Waals surface area contributed by atoms with Crippen LogP contribution in [0.1, 0.15) is 44.1 Å². The lowest BCUT2D eigenvalue weighted by Crippen LogP contribution is -2.23. The molecule has 112 valence electrons.